The van der Waals surface area contributed by atoms with Gasteiger partial charge < -0.3 is 20.5 Å². The molecular formula is C24H32ClN7O3. The number of amides is 1. The number of carbonyl (C=O) groups excluding carboxylic acids is 1. The minimum Gasteiger partial charge on any atom is -0.491 e. The highest BCUT2D eigenvalue weighted by molar-refractivity contribution is 6.29. The van der Waals surface area contributed by atoms with E-state index in [1.807, 2.05) is 26.0 Å². The average molecular weight is 502 g/mol. The van der Waals surface area contributed by atoms with Gasteiger partial charge in [-0.3, -0.25) is 15.8 Å². The summed E-state index contributed by atoms with van der Waals surface area (Å²) in [5.74, 6) is 1.41. The quantitative estimate of drug-likeness (QED) is 0.270. The van der Waals surface area contributed by atoms with Crippen molar-refractivity contribution in [2.24, 2.45) is 17.6 Å². The van der Waals surface area contributed by atoms with E-state index in [2.05, 4.69) is 32.6 Å². The van der Waals surface area contributed by atoms with Crippen molar-refractivity contribution in [2.45, 2.75) is 52.6 Å². The van der Waals surface area contributed by atoms with Crippen molar-refractivity contribution in [1.82, 2.24) is 15.0 Å². The predicted octanol–water partition coefficient (Wildman–Crippen LogP) is 4.43. The highest BCUT2D eigenvalue weighted by Crippen LogP contribution is 2.42. The van der Waals surface area contributed by atoms with Gasteiger partial charge in [0.15, 0.2) is 5.82 Å². The van der Waals surface area contributed by atoms with Crippen LogP contribution in [0.3, 0.4) is 0 Å². The molecular weight excluding hydrogens is 470 g/mol. The Hall–Kier alpha value is -3.27. The van der Waals surface area contributed by atoms with Crippen molar-refractivity contribution >= 4 is 35.1 Å². The van der Waals surface area contributed by atoms with Gasteiger partial charge in [0.05, 0.1) is 17.9 Å². The van der Waals surface area contributed by atoms with E-state index >= 15 is 0 Å². The first-order chi connectivity index (χ1) is 16.6. The Bertz CT molecular complexity index is 1110. The molecule has 188 valence electrons. The monoisotopic (exact) mass is 501 g/mol. The van der Waals surface area contributed by atoms with Crippen molar-refractivity contribution in [3.8, 4) is 0 Å². The Morgan fingerprint density at radius 3 is 2.86 bits per heavy atom. The summed E-state index contributed by atoms with van der Waals surface area (Å²) in [4.78, 5) is 20.4. The van der Waals surface area contributed by atoms with Crippen molar-refractivity contribution in [3.05, 3.63) is 46.2 Å². The van der Waals surface area contributed by atoms with Gasteiger partial charge in [-0.05, 0) is 32.8 Å². The van der Waals surface area contributed by atoms with Crippen molar-refractivity contribution in [1.29, 1.82) is 5.41 Å². The van der Waals surface area contributed by atoms with Crippen LogP contribution in [-0.4, -0.2) is 46.2 Å². The zero-order valence-corrected chi connectivity index (χ0v) is 21.1. The minimum absolute atomic E-state index is 0.00277. The molecule has 11 heteroatoms. The maximum atomic E-state index is 11.3. The fourth-order valence-electron chi connectivity index (χ4n) is 4.73. The maximum Gasteiger partial charge on any atom is 0.411 e. The SMILES string of the molecule is C/C(Cl)=C\C=C/C(C)c1nc(C(=N)OC(N)=O)nc2c1NC[C@@H]1CC[C@@H](C)C3=C1N(C[C@@H](C)O3)N2. The molecule has 0 bridgehead atoms. The number of ether oxygens (including phenoxy) is 2. The molecule has 0 fully saturated rings. The van der Waals surface area contributed by atoms with Crippen molar-refractivity contribution in [2.75, 3.05) is 23.8 Å². The second-order valence-electron chi connectivity index (χ2n) is 9.29. The largest absolute Gasteiger partial charge is 0.491 e. The summed E-state index contributed by atoms with van der Waals surface area (Å²) in [7, 11) is 0. The summed E-state index contributed by atoms with van der Waals surface area (Å²) in [5, 5.41) is 14.5. The molecule has 0 spiro atoms. The van der Waals surface area contributed by atoms with Crippen LogP contribution in [0.4, 0.5) is 16.3 Å². The second kappa shape index (κ2) is 10.2. The van der Waals surface area contributed by atoms with Crippen LogP contribution < -0.4 is 16.5 Å². The van der Waals surface area contributed by atoms with E-state index in [0.717, 1.165) is 30.0 Å². The van der Waals surface area contributed by atoms with E-state index in [1.54, 1.807) is 13.0 Å². The number of hydrazine groups is 1. The standard InChI is InChI=1S/C24H32ClN7O3/c1-12(6-5-7-14(3)25)17-18-22(30-23(29-17)21(26)35-24(27)33)31-32-11-15(4)34-20-13(2)8-9-16(10-28-18)19(20)32/h5-7,12-13,15-16,26,28H,8-11H2,1-4H3,(H2,27,33)(H,29,30,31)/b6-5-,14-7+,26-21?/t12?,13-,15-,16+/m1/s1. The summed E-state index contributed by atoms with van der Waals surface area (Å²) in [6.07, 6.45) is 6.63. The maximum absolute atomic E-state index is 11.3. The van der Waals surface area contributed by atoms with E-state index in [4.69, 9.17) is 32.2 Å². The van der Waals surface area contributed by atoms with E-state index in [0.29, 0.717) is 35.6 Å². The van der Waals surface area contributed by atoms with E-state index in [9.17, 15) is 4.79 Å². The Labute approximate surface area is 210 Å². The molecule has 3 heterocycles. The van der Waals surface area contributed by atoms with Gasteiger partial charge in [0.2, 0.25) is 5.82 Å². The highest BCUT2D eigenvalue weighted by atomic mass is 35.5. The molecule has 2 aliphatic heterocycles. The fourth-order valence-corrected chi connectivity index (χ4v) is 4.80. The molecule has 4 rings (SSSR count). The number of hydrogen-bond acceptors (Lipinski definition) is 9. The molecule has 3 aliphatic rings. The number of carbonyl (C=O) groups is 1. The summed E-state index contributed by atoms with van der Waals surface area (Å²) in [5.41, 5.74) is 11.1. The number of nitrogens with one attached hydrogen (secondary N) is 3. The third-order valence-electron chi connectivity index (χ3n) is 6.36. The summed E-state index contributed by atoms with van der Waals surface area (Å²) >= 11 is 5.97. The van der Waals surface area contributed by atoms with Crippen LogP contribution in [0.25, 0.3) is 0 Å². The minimum atomic E-state index is -1.09. The van der Waals surface area contributed by atoms with Gasteiger partial charge in [-0.15, -0.1) is 0 Å². The molecule has 1 amide bonds. The third-order valence-corrected chi connectivity index (χ3v) is 6.49. The number of primary amides is 1. The van der Waals surface area contributed by atoms with Crippen LogP contribution in [0.2, 0.25) is 0 Å². The summed E-state index contributed by atoms with van der Waals surface area (Å²) in [6, 6.07) is 0. The van der Waals surface area contributed by atoms with E-state index in [1.165, 1.54) is 0 Å². The molecule has 0 saturated carbocycles. The molecule has 35 heavy (non-hydrogen) atoms. The number of nitrogens with zero attached hydrogens (tertiary/aromatic N) is 3. The highest BCUT2D eigenvalue weighted by Gasteiger charge is 2.39. The van der Waals surface area contributed by atoms with Crippen molar-refractivity contribution in [3.63, 3.8) is 0 Å². The molecule has 1 aromatic rings. The molecule has 10 nitrogen and oxygen atoms in total. The van der Waals surface area contributed by atoms with Crippen LogP contribution in [-0.2, 0) is 9.47 Å². The topological polar surface area (TPSA) is 138 Å². The van der Waals surface area contributed by atoms with Gasteiger partial charge in [-0.1, -0.05) is 37.6 Å². The lowest BCUT2D eigenvalue weighted by molar-refractivity contribution is 0.0319. The smallest absolute Gasteiger partial charge is 0.411 e. The number of nitrogens with two attached hydrogens (primary N) is 1. The number of hydrogen-bond donors (Lipinski definition) is 4. The molecule has 4 atom stereocenters. The van der Waals surface area contributed by atoms with Crippen LogP contribution in [0.5, 0.6) is 0 Å². The zero-order valence-electron chi connectivity index (χ0n) is 20.4. The zero-order chi connectivity index (χ0) is 25.3. The van der Waals surface area contributed by atoms with Gasteiger partial charge >= 0.3 is 6.09 Å². The van der Waals surface area contributed by atoms with Crippen LogP contribution >= 0.6 is 11.6 Å². The molecule has 1 aliphatic carbocycles. The Morgan fingerprint density at radius 1 is 1.37 bits per heavy atom. The average Bonchev–Trinajstić information content (AvgIpc) is 2.77. The Kier molecular flexibility index (Phi) is 7.20. The normalized spacial score (nSPS) is 24.8. The lowest BCUT2D eigenvalue weighted by Gasteiger charge is -2.45. The van der Waals surface area contributed by atoms with Crippen LogP contribution in [0, 0.1) is 17.2 Å². The number of anilines is 2. The Balaban J connectivity index is 1.81. The van der Waals surface area contributed by atoms with Gasteiger partial charge in [0, 0.05) is 29.3 Å². The molecule has 1 aromatic heterocycles. The van der Waals surface area contributed by atoms with Gasteiger partial charge in [0.1, 0.15) is 17.6 Å². The number of fused-ring (bicyclic) bond motifs is 1. The Morgan fingerprint density at radius 2 is 2.14 bits per heavy atom. The number of aromatic nitrogens is 2. The first-order valence-electron chi connectivity index (χ1n) is 11.8. The van der Waals surface area contributed by atoms with Crippen molar-refractivity contribution < 1.29 is 14.3 Å². The number of rotatable bonds is 4. The predicted molar refractivity (Wildman–Crippen MR) is 135 cm³/mol. The van der Waals surface area contributed by atoms with E-state index < -0.39 is 12.0 Å². The van der Waals surface area contributed by atoms with E-state index in [-0.39, 0.29) is 23.8 Å². The third kappa shape index (κ3) is 5.37. The van der Waals surface area contributed by atoms with Crippen LogP contribution in [0.15, 0.2) is 34.7 Å². The molecule has 0 saturated heterocycles. The number of allylic oxidation sites excluding steroid dienone is 5. The second-order valence-corrected chi connectivity index (χ2v) is 9.89. The summed E-state index contributed by atoms with van der Waals surface area (Å²) in [6.45, 7) is 9.36. The molecule has 5 N–H and O–H groups in total. The lowest BCUT2D eigenvalue weighted by Crippen LogP contribution is -2.48. The summed E-state index contributed by atoms with van der Waals surface area (Å²) < 4.78 is 11.1. The van der Waals surface area contributed by atoms with Gasteiger partial charge in [0.25, 0.3) is 5.90 Å². The first-order valence-corrected chi connectivity index (χ1v) is 12.2. The van der Waals surface area contributed by atoms with Gasteiger partial charge in [-0.25, -0.2) is 14.8 Å². The fraction of sp³-hybridized carbons (Fsp3) is 0.500. The molecule has 0 aromatic carbocycles. The first kappa shape index (κ1) is 24.8. The molecule has 0 radical (unpaired) electrons. The van der Waals surface area contributed by atoms with Gasteiger partial charge in [-0.2, -0.15) is 0 Å². The lowest BCUT2D eigenvalue weighted by atomic mass is 9.83. The van der Waals surface area contributed by atoms with Crippen LogP contribution in [0.1, 0.15) is 58.0 Å². The number of halogens is 1. The molecule has 1 unspecified atom stereocenters.